The van der Waals surface area contributed by atoms with Gasteiger partial charge in [0, 0.05) is 11.3 Å². The van der Waals surface area contributed by atoms with E-state index in [9.17, 15) is 14.0 Å². The minimum Gasteiger partial charge on any atom is -0.496 e. The molecule has 2 rings (SSSR count). The van der Waals surface area contributed by atoms with E-state index in [1.54, 1.807) is 24.3 Å². The monoisotopic (exact) mass is 349 g/mol. The second-order valence-electron chi connectivity index (χ2n) is 4.52. The van der Waals surface area contributed by atoms with Gasteiger partial charge in [-0.2, -0.15) is 5.10 Å². The molecule has 2 aromatic carbocycles. The Morgan fingerprint density at radius 1 is 1.21 bits per heavy atom. The van der Waals surface area contributed by atoms with Gasteiger partial charge in [-0.3, -0.25) is 9.59 Å². The quantitative estimate of drug-likeness (QED) is 0.506. The maximum Gasteiger partial charge on any atom is 0.329 e. The number of carbonyl (C=O) groups is 2. The zero-order chi connectivity index (χ0) is 17.5. The molecule has 0 aliphatic heterocycles. The first-order valence-corrected chi connectivity index (χ1v) is 7.11. The van der Waals surface area contributed by atoms with Crippen molar-refractivity contribution >= 4 is 35.3 Å². The molecule has 0 spiro atoms. The molecule has 6 nitrogen and oxygen atoms in total. The molecule has 8 heteroatoms. The molecule has 0 aliphatic rings. The molecule has 0 radical (unpaired) electrons. The number of carbonyl (C=O) groups excluding carboxylic acids is 2. The molecular weight excluding hydrogens is 337 g/mol. The molecule has 2 N–H and O–H groups in total. The van der Waals surface area contributed by atoms with E-state index >= 15 is 0 Å². The summed E-state index contributed by atoms with van der Waals surface area (Å²) in [5.41, 5.74) is 2.90. The lowest BCUT2D eigenvalue weighted by molar-refractivity contribution is -0.136. The molecule has 0 atom stereocenters. The van der Waals surface area contributed by atoms with E-state index in [2.05, 4.69) is 15.8 Å². The maximum atomic E-state index is 13.0. The molecule has 24 heavy (non-hydrogen) atoms. The van der Waals surface area contributed by atoms with E-state index in [1.807, 2.05) is 0 Å². The van der Waals surface area contributed by atoms with Crippen LogP contribution in [0, 0.1) is 5.82 Å². The van der Waals surface area contributed by atoms with Crippen LogP contribution in [-0.4, -0.2) is 25.1 Å². The van der Waals surface area contributed by atoms with Gasteiger partial charge in [-0.15, -0.1) is 0 Å². The Labute approximate surface area is 142 Å². The Morgan fingerprint density at radius 2 is 1.96 bits per heavy atom. The Hall–Kier alpha value is -2.93. The number of hydrazone groups is 1. The maximum absolute atomic E-state index is 13.0. The van der Waals surface area contributed by atoms with Crippen LogP contribution in [0.5, 0.6) is 5.75 Å². The average Bonchev–Trinajstić information content (AvgIpc) is 2.58. The minimum absolute atomic E-state index is 0.164. The number of nitrogens with one attached hydrogen (secondary N) is 2. The summed E-state index contributed by atoms with van der Waals surface area (Å²) in [6.45, 7) is 0. The first-order valence-electron chi connectivity index (χ1n) is 6.73. The van der Waals surface area contributed by atoms with Crippen molar-refractivity contribution in [3.63, 3.8) is 0 Å². The second kappa shape index (κ2) is 8.07. The molecule has 0 saturated heterocycles. The smallest absolute Gasteiger partial charge is 0.329 e. The van der Waals surface area contributed by atoms with Crippen LogP contribution < -0.4 is 15.5 Å². The van der Waals surface area contributed by atoms with Crippen molar-refractivity contribution in [1.82, 2.24) is 5.43 Å². The van der Waals surface area contributed by atoms with Crippen molar-refractivity contribution in [2.45, 2.75) is 0 Å². The Bertz CT molecular complexity index is 796. The van der Waals surface area contributed by atoms with Crippen LogP contribution in [0.25, 0.3) is 0 Å². The molecule has 124 valence electrons. The van der Waals surface area contributed by atoms with Gasteiger partial charge in [0.15, 0.2) is 0 Å². The van der Waals surface area contributed by atoms with Gasteiger partial charge in [0.2, 0.25) is 0 Å². The lowest BCUT2D eigenvalue weighted by Gasteiger charge is -2.05. The van der Waals surface area contributed by atoms with Gasteiger partial charge >= 0.3 is 11.8 Å². The Kier molecular flexibility index (Phi) is 5.86. The van der Waals surface area contributed by atoms with Crippen molar-refractivity contribution < 1.29 is 18.7 Å². The molecule has 0 bridgehead atoms. The summed E-state index contributed by atoms with van der Waals surface area (Å²) in [6, 6.07) is 10.6. The van der Waals surface area contributed by atoms with Crippen molar-refractivity contribution in [2.75, 3.05) is 12.4 Å². The lowest BCUT2D eigenvalue weighted by Crippen LogP contribution is -2.32. The van der Waals surface area contributed by atoms with Gasteiger partial charge in [0.05, 0.1) is 18.3 Å². The van der Waals surface area contributed by atoms with Crippen LogP contribution in [0.2, 0.25) is 5.02 Å². The van der Waals surface area contributed by atoms with Gasteiger partial charge < -0.3 is 10.1 Å². The van der Waals surface area contributed by atoms with Gasteiger partial charge in [0.25, 0.3) is 0 Å². The third-order valence-electron chi connectivity index (χ3n) is 2.89. The fourth-order valence-electron chi connectivity index (χ4n) is 1.75. The molecule has 0 aliphatic carbocycles. The van der Waals surface area contributed by atoms with Gasteiger partial charge in [-0.1, -0.05) is 23.7 Å². The first-order chi connectivity index (χ1) is 11.5. The minimum atomic E-state index is -0.985. The van der Waals surface area contributed by atoms with E-state index in [0.717, 1.165) is 6.07 Å². The highest BCUT2D eigenvalue weighted by atomic mass is 35.5. The number of rotatable bonds is 4. The van der Waals surface area contributed by atoms with Crippen LogP contribution in [0.1, 0.15) is 5.56 Å². The number of para-hydroxylation sites is 1. The molecule has 0 heterocycles. The molecule has 0 fully saturated rings. The number of halogens is 2. The van der Waals surface area contributed by atoms with Crippen LogP contribution in [0.4, 0.5) is 10.1 Å². The van der Waals surface area contributed by atoms with Crippen LogP contribution in [-0.2, 0) is 9.59 Å². The number of hydrogen-bond donors (Lipinski definition) is 2. The van der Waals surface area contributed by atoms with E-state index in [0.29, 0.717) is 11.3 Å². The largest absolute Gasteiger partial charge is 0.496 e. The number of ether oxygens (including phenoxy) is 1. The highest BCUT2D eigenvalue weighted by molar-refractivity contribution is 6.39. The molecule has 0 aromatic heterocycles. The molecule has 2 aromatic rings. The number of nitrogens with zero attached hydrogens (tertiary/aromatic N) is 1. The van der Waals surface area contributed by atoms with Crippen LogP contribution >= 0.6 is 11.6 Å². The zero-order valence-corrected chi connectivity index (χ0v) is 13.3. The Morgan fingerprint density at radius 3 is 2.67 bits per heavy atom. The molecular formula is C16H13ClFN3O3. The SMILES string of the molecule is COc1ccccc1/C=N/NC(=O)C(=O)Nc1ccc(F)c(Cl)c1. The third kappa shape index (κ3) is 4.53. The summed E-state index contributed by atoms with van der Waals surface area (Å²) < 4.78 is 18.2. The number of benzene rings is 2. The van der Waals surface area contributed by atoms with Crippen molar-refractivity contribution in [3.8, 4) is 5.75 Å². The van der Waals surface area contributed by atoms with E-state index in [1.165, 1.54) is 25.5 Å². The van der Waals surface area contributed by atoms with Crippen LogP contribution in [0.3, 0.4) is 0 Å². The predicted molar refractivity (Wildman–Crippen MR) is 88.8 cm³/mol. The standard InChI is InChI=1S/C16H13ClFN3O3/c1-24-14-5-3-2-4-10(14)9-19-21-16(23)15(22)20-11-6-7-13(18)12(17)8-11/h2-9H,1H3,(H,20,22)(H,21,23)/b19-9+. The number of anilines is 1. The van der Waals surface area contributed by atoms with Gasteiger partial charge in [-0.05, 0) is 30.3 Å². The molecule has 0 saturated carbocycles. The molecule has 0 unspecified atom stereocenters. The highest BCUT2D eigenvalue weighted by Gasteiger charge is 2.13. The average molecular weight is 350 g/mol. The Balaban J connectivity index is 1.95. The van der Waals surface area contributed by atoms with E-state index in [4.69, 9.17) is 16.3 Å². The summed E-state index contributed by atoms with van der Waals surface area (Å²) in [6.07, 6.45) is 1.35. The lowest BCUT2D eigenvalue weighted by atomic mass is 10.2. The summed E-state index contributed by atoms with van der Waals surface area (Å²) in [5.74, 6) is -2.00. The second-order valence-corrected chi connectivity index (χ2v) is 4.93. The van der Waals surface area contributed by atoms with Crippen molar-refractivity contribution in [3.05, 3.63) is 58.9 Å². The zero-order valence-electron chi connectivity index (χ0n) is 12.5. The summed E-state index contributed by atoms with van der Waals surface area (Å²) in [5, 5.41) is 5.81. The van der Waals surface area contributed by atoms with E-state index in [-0.39, 0.29) is 10.7 Å². The van der Waals surface area contributed by atoms with Gasteiger partial charge in [-0.25, -0.2) is 9.82 Å². The van der Waals surface area contributed by atoms with E-state index < -0.39 is 17.6 Å². The number of amides is 2. The fraction of sp³-hybridized carbons (Fsp3) is 0.0625. The third-order valence-corrected chi connectivity index (χ3v) is 3.18. The normalized spacial score (nSPS) is 10.5. The fourth-order valence-corrected chi connectivity index (χ4v) is 1.93. The number of hydrogen-bond acceptors (Lipinski definition) is 4. The summed E-state index contributed by atoms with van der Waals surface area (Å²) in [4.78, 5) is 23.4. The summed E-state index contributed by atoms with van der Waals surface area (Å²) in [7, 11) is 1.51. The molecule has 2 amide bonds. The number of methoxy groups -OCH3 is 1. The highest BCUT2D eigenvalue weighted by Crippen LogP contribution is 2.19. The topological polar surface area (TPSA) is 79.8 Å². The van der Waals surface area contributed by atoms with Crippen molar-refractivity contribution in [1.29, 1.82) is 0 Å². The van der Waals surface area contributed by atoms with Crippen molar-refractivity contribution in [2.24, 2.45) is 5.10 Å². The van der Waals surface area contributed by atoms with Gasteiger partial charge in [0.1, 0.15) is 11.6 Å². The summed E-state index contributed by atoms with van der Waals surface area (Å²) >= 11 is 5.59. The van der Waals surface area contributed by atoms with Crippen LogP contribution in [0.15, 0.2) is 47.6 Å². The first kappa shape index (κ1) is 17.4. The predicted octanol–water partition coefficient (Wildman–Crippen LogP) is 2.58.